The SMILES string of the molecule is CC(C)c1c(N)ncnc1OCC(F)F. The molecule has 1 heterocycles. The van der Waals surface area contributed by atoms with E-state index in [0.717, 1.165) is 0 Å². The van der Waals surface area contributed by atoms with Crippen molar-refractivity contribution in [2.45, 2.75) is 26.2 Å². The van der Waals surface area contributed by atoms with Gasteiger partial charge in [0.1, 0.15) is 12.1 Å². The van der Waals surface area contributed by atoms with Gasteiger partial charge in [-0.25, -0.2) is 18.7 Å². The van der Waals surface area contributed by atoms with E-state index in [1.54, 1.807) is 0 Å². The Labute approximate surface area is 86.5 Å². The minimum absolute atomic E-state index is 0.0267. The number of rotatable bonds is 4. The molecule has 1 aromatic rings. The molecule has 0 saturated heterocycles. The highest BCUT2D eigenvalue weighted by Gasteiger charge is 2.15. The lowest BCUT2D eigenvalue weighted by Crippen LogP contribution is -2.12. The van der Waals surface area contributed by atoms with Crippen molar-refractivity contribution in [2.75, 3.05) is 12.3 Å². The van der Waals surface area contributed by atoms with Gasteiger partial charge in [-0.15, -0.1) is 0 Å². The van der Waals surface area contributed by atoms with Crippen LogP contribution in [-0.2, 0) is 0 Å². The summed E-state index contributed by atoms with van der Waals surface area (Å²) in [6.07, 6.45) is -1.33. The Balaban J connectivity index is 2.91. The van der Waals surface area contributed by atoms with Gasteiger partial charge in [-0.05, 0) is 5.92 Å². The predicted octanol–water partition coefficient (Wildman–Crippen LogP) is 1.83. The number of nitrogens with zero attached hydrogens (tertiary/aromatic N) is 2. The van der Waals surface area contributed by atoms with Gasteiger partial charge < -0.3 is 10.5 Å². The van der Waals surface area contributed by atoms with Gasteiger partial charge in [0.15, 0.2) is 6.61 Å². The van der Waals surface area contributed by atoms with Crippen LogP contribution in [0.1, 0.15) is 25.3 Å². The van der Waals surface area contributed by atoms with Gasteiger partial charge in [0.05, 0.1) is 5.56 Å². The number of nitrogens with two attached hydrogens (primary N) is 1. The van der Waals surface area contributed by atoms with Crippen molar-refractivity contribution in [2.24, 2.45) is 0 Å². The molecule has 1 aromatic heterocycles. The van der Waals surface area contributed by atoms with E-state index in [4.69, 9.17) is 10.5 Å². The van der Waals surface area contributed by atoms with Gasteiger partial charge in [-0.2, -0.15) is 0 Å². The smallest absolute Gasteiger partial charge is 0.272 e. The summed E-state index contributed by atoms with van der Waals surface area (Å²) in [4.78, 5) is 7.57. The van der Waals surface area contributed by atoms with Gasteiger partial charge >= 0.3 is 0 Å². The predicted molar refractivity (Wildman–Crippen MR) is 52.0 cm³/mol. The second-order valence-electron chi connectivity index (χ2n) is 3.33. The molecule has 0 fully saturated rings. The molecule has 0 aliphatic carbocycles. The van der Waals surface area contributed by atoms with Crippen molar-refractivity contribution in [1.29, 1.82) is 0 Å². The minimum atomic E-state index is -2.53. The second-order valence-corrected chi connectivity index (χ2v) is 3.33. The van der Waals surface area contributed by atoms with Crippen molar-refractivity contribution in [1.82, 2.24) is 9.97 Å². The third-order valence-corrected chi connectivity index (χ3v) is 1.80. The Kier molecular flexibility index (Phi) is 3.76. The molecule has 84 valence electrons. The summed E-state index contributed by atoms with van der Waals surface area (Å²) >= 11 is 0. The quantitative estimate of drug-likeness (QED) is 0.835. The molecule has 0 amide bonds. The third-order valence-electron chi connectivity index (χ3n) is 1.80. The summed E-state index contributed by atoms with van der Waals surface area (Å²) in [6.45, 7) is 3.05. The lowest BCUT2D eigenvalue weighted by molar-refractivity contribution is 0.0788. The summed E-state index contributed by atoms with van der Waals surface area (Å²) in [5.74, 6) is 0.431. The zero-order valence-corrected chi connectivity index (χ0v) is 8.58. The summed E-state index contributed by atoms with van der Waals surface area (Å²) in [5, 5.41) is 0. The van der Waals surface area contributed by atoms with Crippen LogP contribution in [0.2, 0.25) is 0 Å². The number of aromatic nitrogens is 2. The zero-order valence-electron chi connectivity index (χ0n) is 8.58. The zero-order chi connectivity index (χ0) is 11.4. The summed E-state index contributed by atoms with van der Waals surface area (Å²) < 4.78 is 28.8. The highest BCUT2D eigenvalue weighted by molar-refractivity contribution is 5.46. The number of alkyl halides is 2. The van der Waals surface area contributed by atoms with Crippen molar-refractivity contribution >= 4 is 5.82 Å². The largest absolute Gasteiger partial charge is 0.471 e. The average Bonchev–Trinajstić information content (AvgIpc) is 2.13. The van der Waals surface area contributed by atoms with Crippen LogP contribution in [0.3, 0.4) is 0 Å². The van der Waals surface area contributed by atoms with E-state index >= 15 is 0 Å². The number of ether oxygens (including phenoxy) is 1. The summed E-state index contributed by atoms with van der Waals surface area (Å²) in [7, 11) is 0. The van der Waals surface area contributed by atoms with Gasteiger partial charge in [0, 0.05) is 0 Å². The van der Waals surface area contributed by atoms with E-state index in [2.05, 4.69) is 9.97 Å². The first-order valence-corrected chi connectivity index (χ1v) is 4.53. The van der Waals surface area contributed by atoms with Crippen LogP contribution in [0.15, 0.2) is 6.33 Å². The van der Waals surface area contributed by atoms with Gasteiger partial charge in [-0.3, -0.25) is 0 Å². The molecule has 0 atom stereocenters. The van der Waals surface area contributed by atoms with E-state index in [1.807, 2.05) is 13.8 Å². The fraction of sp³-hybridized carbons (Fsp3) is 0.556. The van der Waals surface area contributed by atoms with Crippen LogP contribution in [-0.4, -0.2) is 23.0 Å². The molecule has 0 aliphatic rings. The van der Waals surface area contributed by atoms with Crippen molar-refractivity contribution in [3.05, 3.63) is 11.9 Å². The number of hydrogen-bond acceptors (Lipinski definition) is 4. The van der Waals surface area contributed by atoms with Crippen molar-refractivity contribution in [3.63, 3.8) is 0 Å². The molecule has 6 heteroatoms. The molecule has 0 unspecified atom stereocenters. The lowest BCUT2D eigenvalue weighted by atomic mass is 10.1. The monoisotopic (exact) mass is 217 g/mol. The average molecular weight is 217 g/mol. The second kappa shape index (κ2) is 4.86. The van der Waals surface area contributed by atoms with Crippen LogP contribution in [0, 0.1) is 0 Å². The Bertz CT molecular complexity index is 331. The molecule has 15 heavy (non-hydrogen) atoms. The Morgan fingerprint density at radius 3 is 2.60 bits per heavy atom. The van der Waals surface area contributed by atoms with Crippen LogP contribution in [0.4, 0.5) is 14.6 Å². The molecule has 0 saturated carbocycles. The maximum absolute atomic E-state index is 12.0. The van der Waals surface area contributed by atoms with Crippen LogP contribution in [0.5, 0.6) is 5.88 Å². The summed E-state index contributed by atoms with van der Waals surface area (Å²) in [5.41, 5.74) is 6.18. The molecule has 0 bridgehead atoms. The van der Waals surface area contributed by atoms with Crippen LogP contribution < -0.4 is 10.5 Å². The minimum Gasteiger partial charge on any atom is -0.471 e. The number of hydrogen-bond donors (Lipinski definition) is 1. The highest BCUT2D eigenvalue weighted by atomic mass is 19.3. The normalized spacial score (nSPS) is 11.1. The fourth-order valence-corrected chi connectivity index (χ4v) is 1.19. The molecular weight excluding hydrogens is 204 g/mol. The maximum Gasteiger partial charge on any atom is 0.272 e. The van der Waals surface area contributed by atoms with E-state index in [9.17, 15) is 8.78 Å². The molecule has 0 radical (unpaired) electrons. The topological polar surface area (TPSA) is 61.0 Å². The Morgan fingerprint density at radius 2 is 2.07 bits per heavy atom. The Hall–Kier alpha value is -1.46. The Morgan fingerprint density at radius 1 is 1.40 bits per heavy atom. The third kappa shape index (κ3) is 3.00. The lowest BCUT2D eigenvalue weighted by Gasteiger charge is -2.13. The highest BCUT2D eigenvalue weighted by Crippen LogP contribution is 2.28. The van der Waals surface area contributed by atoms with Crippen LogP contribution >= 0.6 is 0 Å². The first-order chi connectivity index (χ1) is 7.02. The van der Waals surface area contributed by atoms with E-state index in [-0.39, 0.29) is 17.6 Å². The van der Waals surface area contributed by atoms with Crippen molar-refractivity contribution in [3.8, 4) is 5.88 Å². The molecule has 0 spiro atoms. The van der Waals surface area contributed by atoms with Gasteiger partial charge in [0.2, 0.25) is 5.88 Å². The molecule has 0 aromatic carbocycles. The van der Waals surface area contributed by atoms with Crippen molar-refractivity contribution < 1.29 is 13.5 Å². The molecule has 0 aliphatic heterocycles. The molecule has 4 nitrogen and oxygen atoms in total. The maximum atomic E-state index is 12.0. The first kappa shape index (κ1) is 11.6. The molecular formula is C9H13F2N3O. The van der Waals surface area contributed by atoms with Gasteiger partial charge in [-0.1, -0.05) is 13.8 Å². The molecule has 2 N–H and O–H groups in total. The van der Waals surface area contributed by atoms with Crippen LogP contribution in [0.25, 0.3) is 0 Å². The van der Waals surface area contributed by atoms with Gasteiger partial charge in [0.25, 0.3) is 6.43 Å². The number of anilines is 1. The fourth-order valence-electron chi connectivity index (χ4n) is 1.19. The van der Waals surface area contributed by atoms with E-state index in [0.29, 0.717) is 5.56 Å². The molecule has 1 rings (SSSR count). The number of halogens is 2. The van der Waals surface area contributed by atoms with E-state index in [1.165, 1.54) is 6.33 Å². The summed E-state index contributed by atoms with van der Waals surface area (Å²) in [6, 6.07) is 0. The van der Waals surface area contributed by atoms with E-state index < -0.39 is 13.0 Å². The number of nitrogen functional groups attached to an aromatic ring is 1. The standard InChI is InChI=1S/C9H13F2N3O/c1-5(2)7-8(12)13-4-14-9(7)15-3-6(10)11/h4-6H,3H2,1-2H3,(H2,12,13,14). The first-order valence-electron chi connectivity index (χ1n) is 4.53.